The number of carbonyl (C=O) groups is 2. The Labute approximate surface area is 95.6 Å². The predicted octanol–water partition coefficient (Wildman–Crippen LogP) is 1.62. The first-order chi connectivity index (χ1) is 7.25. The van der Waals surface area contributed by atoms with Gasteiger partial charge in [0.2, 0.25) is 0 Å². The van der Waals surface area contributed by atoms with Crippen LogP contribution in [0, 0.1) is 0 Å². The number of amides is 1. The molecule has 0 atom stereocenters. The lowest BCUT2D eigenvalue weighted by molar-refractivity contribution is -0.838. The fourth-order valence-corrected chi connectivity index (χ4v) is 1.96. The van der Waals surface area contributed by atoms with Crippen LogP contribution in [0.1, 0.15) is 33.6 Å². The van der Waals surface area contributed by atoms with Crippen LogP contribution in [0.3, 0.4) is 0 Å². The molecule has 1 N–H and O–H groups in total. The van der Waals surface area contributed by atoms with Crippen LogP contribution in [0.25, 0.3) is 0 Å². The molecule has 5 heteroatoms. The summed E-state index contributed by atoms with van der Waals surface area (Å²) in [6.45, 7) is 6.34. The average Bonchev–Trinajstić information content (AvgIpc) is 2.49. The van der Waals surface area contributed by atoms with Crippen molar-refractivity contribution in [1.82, 2.24) is 0 Å². The van der Waals surface area contributed by atoms with E-state index < -0.39 is 17.7 Å². The van der Waals surface area contributed by atoms with Crippen molar-refractivity contribution in [3.63, 3.8) is 0 Å². The maximum Gasteiger partial charge on any atom is 0.517 e. The van der Waals surface area contributed by atoms with E-state index in [9.17, 15) is 9.59 Å². The molecule has 0 aromatic carbocycles. The summed E-state index contributed by atoms with van der Waals surface area (Å²) in [6, 6.07) is 0. The van der Waals surface area contributed by atoms with Crippen molar-refractivity contribution >= 4 is 12.1 Å². The van der Waals surface area contributed by atoms with Crippen molar-refractivity contribution in [2.24, 2.45) is 0 Å². The van der Waals surface area contributed by atoms with Gasteiger partial charge in [-0.05, 0) is 20.8 Å². The van der Waals surface area contributed by atoms with E-state index in [1.54, 1.807) is 20.8 Å². The summed E-state index contributed by atoms with van der Waals surface area (Å²) >= 11 is 0. The minimum absolute atomic E-state index is 0.0629. The van der Waals surface area contributed by atoms with Crippen molar-refractivity contribution in [1.29, 1.82) is 0 Å². The van der Waals surface area contributed by atoms with Gasteiger partial charge in [0, 0.05) is 12.8 Å². The van der Waals surface area contributed by atoms with Gasteiger partial charge in [0.15, 0.2) is 6.54 Å². The van der Waals surface area contributed by atoms with Crippen LogP contribution < -0.4 is 0 Å². The Bertz CT molecular complexity index is 287. The normalized spacial score (nSPS) is 19.4. The summed E-state index contributed by atoms with van der Waals surface area (Å²) in [6.07, 6.45) is 1.35. The number of aliphatic carboxylic acids is 1. The highest BCUT2D eigenvalue weighted by Gasteiger charge is 2.45. The number of rotatable bonds is 2. The molecule has 0 aromatic heterocycles. The van der Waals surface area contributed by atoms with E-state index in [-0.39, 0.29) is 11.0 Å². The third kappa shape index (κ3) is 3.20. The molecule has 1 heterocycles. The molecule has 1 saturated heterocycles. The topological polar surface area (TPSA) is 63.6 Å². The molecule has 0 aliphatic carbocycles. The SMILES string of the molecule is CC(C)(C)OC(=O)[N+]1(CC(=O)O)CCCC1. The summed E-state index contributed by atoms with van der Waals surface area (Å²) in [5.74, 6) is -0.951. The van der Waals surface area contributed by atoms with Gasteiger partial charge in [0.25, 0.3) is 0 Å². The lowest BCUT2D eigenvalue weighted by Gasteiger charge is -2.31. The first kappa shape index (κ1) is 13.0. The standard InChI is InChI=1S/C11H19NO4/c1-11(2,3)16-10(15)12(8-9(13)14)6-4-5-7-12/h4-8H2,1-3H3/p+1. The highest BCUT2D eigenvalue weighted by molar-refractivity contribution is 5.71. The molecule has 0 spiro atoms. The fourth-order valence-electron chi connectivity index (χ4n) is 1.96. The molecule has 16 heavy (non-hydrogen) atoms. The lowest BCUT2D eigenvalue weighted by Crippen LogP contribution is -2.55. The fraction of sp³-hybridized carbons (Fsp3) is 0.818. The second kappa shape index (κ2) is 4.41. The van der Waals surface area contributed by atoms with Crippen LogP contribution in [-0.2, 0) is 9.53 Å². The zero-order chi connectivity index (χ0) is 12.4. The first-order valence-corrected chi connectivity index (χ1v) is 5.57. The number of quaternary nitrogens is 1. The van der Waals surface area contributed by atoms with Crippen LogP contribution in [0.2, 0.25) is 0 Å². The molecular formula is C11H20NO4+. The number of ether oxygens (including phenoxy) is 1. The number of carboxylic acid groups (broad SMARTS) is 1. The molecular weight excluding hydrogens is 210 g/mol. The molecule has 0 aromatic rings. The Morgan fingerprint density at radius 1 is 1.25 bits per heavy atom. The van der Waals surface area contributed by atoms with Crippen molar-refractivity contribution in [3.8, 4) is 0 Å². The lowest BCUT2D eigenvalue weighted by atomic mass is 10.2. The minimum Gasteiger partial charge on any atom is -0.477 e. The van der Waals surface area contributed by atoms with Gasteiger partial charge in [-0.1, -0.05) is 0 Å². The van der Waals surface area contributed by atoms with Gasteiger partial charge in [0.1, 0.15) is 5.60 Å². The van der Waals surface area contributed by atoms with Gasteiger partial charge < -0.3 is 9.84 Å². The van der Waals surface area contributed by atoms with Crippen LogP contribution >= 0.6 is 0 Å². The van der Waals surface area contributed by atoms with Crippen LogP contribution in [0.15, 0.2) is 0 Å². The molecule has 1 amide bonds. The Morgan fingerprint density at radius 2 is 1.75 bits per heavy atom. The number of nitrogens with zero attached hydrogens (tertiary/aromatic N) is 1. The van der Waals surface area contributed by atoms with E-state index in [1.165, 1.54) is 0 Å². The number of carboxylic acids is 1. The summed E-state index contributed by atoms with van der Waals surface area (Å²) in [7, 11) is 0. The van der Waals surface area contributed by atoms with E-state index in [0.29, 0.717) is 13.1 Å². The third-order valence-corrected chi connectivity index (χ3v) is 2.64. The van der Waals surface area contributed by atoms with E-state index in [0.717, 1.165) is 12.8 Å². The molecule has 1 aliphatic rings. The molecule has 5 nitrogen and oxygen atoms in total. The van der Waals surface area contributed by atoms with Crippen LogP contribution in [0.4, 0.5) is 4.79 Å². The van der Waals surface area contributed by atoms with Gasteiger partial charge in [-0.3, -0.25) is 0 Å². The van der Waals surface area contributed by atoms with Gasteiger partial charge in [-0.15, -0.1) is 0 Å². The van der Waals surface area contributed by atoms with Crippen molar-refractivity contribution in [2.45, 2.75) is 39.2 Å². The van der Waals surface area contributed by atoms with Crippen molar-refractivity contribution in [3.05, 3.63) is 0 Å². The van der Waals surface area contributed by atoms with Gasteiger partial charge in [-0.25, -0.2) is 9.28 Å². The van der Waals surface area contributed by atoms with Crippen LogP contribution in [0.5, 0.6) is 0 Å². The molecule has 0 radical (unpaired) electrons. The average molecular weight is 230 g/mol. The molecule has 1 aliphatic heterocycles. The van der Waals surface area contributed by atoms with Gasteiger partial charge in [-0.2, -0.15) is 4.79 Å². The summed E-state index contributed by atoms with van der Waals surface area (Å²) in [5.41, 5.74) is -0.566. The summed E-state index contributed by atoms with van der Waals surface area (Å²) in [4.78, 5) is 22.8. The molecule has 1 fully saturated rings. The third-order valence-electron chi connectivity index (χ3n) is 2.64. The maximum absolute atomic E-state index is 12.0. The predicted molar refractivity (Wildman–Crippen MR) is 58.0 cm³/mol. The Hall–Kier alpha value is -1.10. The number of hydrogen-bond donors (Lipinski definition) is 1. The quantitative estimate of drug-likeness (QED) is 0.732. The number of likely N-dealkylation sites (tertiary alicyclic amines) is 1. The Morgan fingerprint density at radius 3 is 2.12 bits per heavy atom. The number of hydrogen-bond acceptors (Lipinski definition) is 3. The molecule has 0 saturated carbocycles. The van der Waals surface area contributed by atoms with E-state index in [1.807, 2.05) is 0 Å². The van der Waals surface area contributed by atoms with Gasteiger partial charge >= 0.3 is 12.1 Å². The minimum atomic E-state index is -0.951. The highest BCUT2D eigenvalue weighted by Crippen LogP contribution is 2.23. The zero-order valence-electron chi connectivity index (χ0n) is 10.2. The van der Waals surface area contributed by atoms with E-state index in [4.69, 9.17) is 9.84 Å². The monoisotopic (exact) mass is 230 g/mol. The largest absolute Gasteiger partial charge is 0.517 e. The molecule has 0 unspecified atom stereocenters. The zero-order valence-corrected chi connectivity index (χ0v) is 10.2. The van der Waals surface area contributed by atoms with Crippen molar-refractivity contribution < 1.29 is 23.9 Å². The first-order valence-electron chi connectivity index (χ1n) is 5.57. The van der Waals surface area contributed by atoms with E-state index in [2.05, 4.69) is 0 Å². The summed E-state index contributed by atoms with van der Waals surface area (Å²) in [5, 5.41) is 8.86. The highest BCUT2D eigenvalue weighted by atomic mass is 16.6. The molecule has 92 valence electrons. The Balaban J connectivity index is 2.77. The summed E-state index contributed by atoms with van der Waals surface area (Å²) < 4.78 is 5.23. The second-order valence-electron chi connectivity index (χ2n) is 5.33. The van der Waals surface area contributed by atoms with Gasteiger partial charge in [0.05, 0.1) is 13.1 Å². The Kier molecular flexibility index (Phi) is 3.57. The molecule has 1 rings (SSSR count). The van der Waals surface area contributed by atoms with E-state index >= 15 is 0 Å². The number of carbonyl (C=O) groups excluding carboxylic acids is 1. The van der Waals surface area contributed by atoms with Crippen molar-refractivity contribution in [2.75, 3.05) is 19.6 Å². The maximum atomic E-state index is 12.0. The second-order valence-corrected chi connectivity index (χ2v) is 5.33. The van der Waals surface area contributed by atoms with Crippen LogP contribution in [-0.4, -0.2) is 46.9 Å². The molecule has 0 bridgehead atoms. The smallest absolute Gasteiger partial charge is 0.477 e.